The van der Waals surface area contributed by atoms with Crippen molar-refractivity contribution in [3.63, 3.8) is 0 Å². The molecule has 2 saturated heterocycles. The second-order valence-corrected chi connectivity index (χ2v) is 7.62. The molecule has 22 heavy (non-hydrogen) atoms. The summed E-state index contributed by atoms with van der Waals surface area (Å²) in [5.41, 5.74) is 0. The lowest BCUT2D eigenvalue weighted by molar-refractivity contribution is -0.129. The minimum absolute atomic E-state index is 0.388. The topological polar surface area (TPSA) is 36.0 Å². The first-order valence-corrected chi connectivity index (χ1v) is 8.80. The summed E-state index contributed by atoms with van der Waals surface area (Å²) in [5, 5.41) is 0. The summed E-state index contributed by atoms with van der Waals surface area (Å²) in [6.45, 7) is 9.09. The zero-order chi connectivity index (χ0) is 15.7. The molecular formula is C17H31N3O2. The number of hydrogen-bond acceptors (Lipinski definition) is 4. The Morgan fingerprint density at radius 3 is 2.64 bits per heavy atom. The van der Waals surface area contributed by atoms with Gasteiger partial charge in [-0.15, -0.1) is 0 Å². The minimum Gasteiger partial charge on any atom is -0.379 e. The summed E-state index contributed by atoms with van der Waals surface area (Å²) in [6, 6.07) is 0.494. The molecule has 1 aliphatic carbocycles. The Kier molecular flexibility index (Phi) is 5.05. The summed E-state index contributed by atoms with van der Waals surface area (Å²) in [7, 11) is 4.29. The van der Waals surface area contributed by atoms with E-state index in [9.17, 15) is 4.79 Å². The molecule has 0 aromatic heterocycles. The quantitative estimate of drug-likeness (QED) is 0.751. The van der Waals surface area contributed by atoms with Gasteiger partial charge < -0.3 is 14.5 Å². The van der Waals surface area contributed by atoms with E-state index in [0.29, 0.717) is 23.8 Å². The second-order valence-electron chi connectivity index (χ2n) is 7.62. The van der Waals surface area contributed by atoms with Crippen molar-refractivity contribution >= 4 is 5.91 Å². The average Bonchev–Trinajstić information content (AvgIpc) is 2.94. The van der Waals surface area contributed by atoms with Gasteiger partial charge >= 0.3 is 0 Å². The molecule has 0 aromatic carbocycles. The van der Waals surface area contributed by atoms with Crippen LogP contribution in [0.4, 0.5) is 0 Å². The molecule has 0 aromatic rings. The smallest absolute Gasteiger partial charge is 0.223 e. The third kappa shape index (κ3) is 3.31. The highest BCUT2D eigenvalue weighted by atomic mass is 16.5. The molecule has 0 radical (unpaired) electrons. The number of carbonyl (C=O) groups is 1. The number of ether oxygens (including phenoxy) is 1. The highest BCUT2D eigenvalue weighted by molar-refractivity contribution is 5.79. The van der Waals surface area contributed by atoms with Crippen LogP contribution in [0.25, 0.3) is 0 Å². The van der Waals surface area contributed by atoms with Gasteiger partial charge in [-0.3, -0.25) is 9.69 Å². The molecule has 4 atom stereocenters. The molecule has 3 aliphatic rings. The first kappa shape index (κ1) is 16.2. The van der Waals surface area contributed by atoms with Crippen molar-refractivity contribution < 1.29 is 9.53 Å². The van der Waals surface area contributed by atoms with Gasteiger partial charge in [0.15, 0.2) is 0 Å². The Morgan fingerprint density at radius 1 is 1.23 bits per heavy atom. The molecule has 5 nitrogen and oxygen atoms in total. The van der Waals surface area contributed by atoms with E-state index in [-0.39, 0.29) is 0 Å². The van der Waals surface area contributed by atoms with E-state index in [1.54, 1.807) is 0 Å². The molecule has 2 heterocycles. The molecule has 2 aliphatic heterocycles. The third-order valence-corrected chi connectivity index (χ3v) is 5.86. The van der Waals surface area contributed by atoms with Gasteiger partial charge in [-0.05, 0) is 38.3 Å². The largest absolute Gasteiger partial charge is 0.379 e. The van der Waals surface area contributed by atoms with Gasteiger partial charge in [0, 0.05) is 45.2 Å². The molecule has 0 bridgehead atoms. The predicted octanol–water partition coefficient (Wildman–Crippen LogP) is 0.753. The van der Waals surface area contributed by atoms with Crippen LogP contribution in [0.1, 0.15) is 19.8 Å². The van der Waals surface area contributed by atoms with Crippen LogP contribution in [0, 0.1) is 17.8 Å². The molecule has 126 valence electrons. The number of likely N-dealkylation sites (tertiary alicyclic amines) is 1. The van der Waals surface area contributed by atoms with E-state index < -0.39 is 0 Å². The number of rotatable bonds is 5. The van der Waals surface area contributed by atoms with E-state index in [1.165, 1.54) is 6.42 Å². The van der Waals surface area contributed by atoms with Gasteiger partial charge in [-0.1, -0.05) is 6.92 Å². The van der Waals surface area contributed by atoms with E-state index in [2.05, 4.69) is 35.7 Å². The van der Waals surface area contributed by atoms with Crippen LogP contribution >= 0.6 is 0 Å². The summed E-state index contributed by atoms with van der Waals surface area (Å²) in [6.07, 6.45) is 1.97. The second kappa shape index (κ2) is 6.85. The molecule has 0 spiro atoms. The molecule has 0 N–H and O–H groups in total. The number of nitrogens with zero attached hydrogens (tertiary/aromatic N) is 3. The molecule has 1 saturated carbocycles. The number of fused-ring (bicyclic) bond motifs is 1. The zero-order valence-electron chi connectivity index (χ0n) is 14.3. The van der Waals surface area contributed by atoms with Gasteiger partial charge in [0.25, 0.3) is 0 Å². The Hall–Kier alpha value is -0.650. The van der Waals surface area contributed by atoms with Crippen molar-refractivity contribution in [2.75, 3.05) is 60.0 Å². The van der Waals surface area contributed by atoms with Gasteiger partial charge in [0.05, 0.1) is 13.2 Å². The predicted molar refractivity (Wildman–Crippen MR) is 86.7 cm³/mol. The average molecular weight is 309 g/mol. The van der Waals surface area contributed by atoms with Crippen molar-refractivity contribution in [3.05, 3.63) is 0 Å². The van der Waals surface area contributed by atoms with Crippen LogP contribution in [-0.2, 0) is 9.53 Å². The van der Waals surface area contributed by atoms with Crippen molar-refractivity contribution in [3.8, 4) is 0 Å². The van der Waals surface area contributed by atoms with Crippen LogP contribution in [0.3, 0.4) is 0 Å². The van der Waals surface area contributed by atoms with E-state index >= 15 is 0 Å². The number of hydrogen-bond donors (Lipinski definition) is 0. The lowest BCUT2D eigenvalue weighted by Gasteiger charge is -2.31. The number of amides is 1. The summed E-state index contributed by atoms with van der Waals surface area (Å²) < 4.78 is 5.40. The fourth-order valence-corrected chi connectivity index (χ4v) is 4.69. The van der Waals surface area contributed by atoms with E-state index in [0.717, 1.165) is 58.3 Å². The van der Waals surface area contributed by atoms with Gasteiger partial charge in [-0.2, -0.15) is 0 Å². The lowest BCUT2D eigenvalue weighted by Crippen LogP contribution is -2.44. The first-order chi connectivity index (χ1) is 10.6. The fraction of sp³-hybridized carbons (Fsp3) is 0.941. The van der Waals surface area contributed by atoms with Crippen LogP contribution < -0.4 is 0 Å². The van der Waals surface area contributed by atoms with Crippen LogP contribution in [0.5, 0.6) is 0 Å². The maximum Gasteiger partial charge on any atom is 0.223 e. The minimum atomic E-state index is 0.388. The monoisotopic (exact) mass is 309 g/mol. The molecule has 0 unspecified atom stereocenters. The molecule has 5 heteroatoms. The van der Waals surface area contributed by atoms with Gasteiger partial charge in [-0.25, -0.2) is 0 Å². The van der Waals surface area contributed by atoms with Crippen LogP contribution in [0.2, 0.25) is 0 Å². The van der Waals surface area contributed by atoms with E-state index in [4.69, 9.17) is 4.74 Å². The van der Waals surface area contributed by atoms with Gasteiger partial charge in [0.2, 0.25) is 5.91 Å². The zero-order valence-corrected chi connectivity index (χ0v) is 14.3. The molecule has 3 fully saturated rings. The Bertz CT molecular complexity index is 395. The normalized spacial score (nSPS) is 36.4. The third-order valence-electron chi connectivity index (χ3n) is 5.86. The lowest BCUT2D eigenvalue weighted by atomic mass is 9.88. The first-order valence-electron chi connectivity index (χ1n) is 8.80. The maximum atomic E-state index is 12.5. The number of morpholine rings is 1. The molecular weight excluding hydrogens is 278 g/mol. The van der Waals surface area contributed by atoms with Crippen molar-refractivity contribution in [2.45, 2.75) is 25.8 Å². The maximum absolute atomic E-state index is 12.5. The molecule has 3 rings (SSSR count). The van der Waals surface area contributed by atoms with Crippen molar-refractivity contribution in [2.24, 2.45) is 17.8 Å². The summed E-state index contributed by atoms with van der Waals surface area (Å²) in [5.74, 6) is 2.38. The summed E-state index contributed by atoms with van der Waals surface area (Å²) >= 11 is 0. The van der Waals surface area contributed by atoms with Crippen molar-refractivity contribution in [1.29, 1.82) is 0 Å². The summed E-state index contributed by atoms with van der Waals surface area (Å²) in [4.78, 5) is 19.4. The Balaban J connectivity index is 1.58. The van der Waals surface area contributed by atoms with Gasteiger partial charge in [0.1, 0.15) is 0 Å². The van der Waals surface area contributed by atoms with Crippen LogP contribution in [-0.4, -0.2) is 86.7 Å². The van der Waals surface area contributed by atoms with Crippen molar-refractivity contribution in [1.82, 2.24) is 14.7 Å². The standard InChI is InChI=1S/C17H31N3O2/c1-13-10-16-14(15(13)12-18(2)3)11-17(21)20(16)5-4-19-6-8-22-9-7-19/h13-16H,4-12H2,1-3H3/t13-,14-,15+,16+/m0/s1. The Labute approximate surface area is 134 Å². The SMILES string of the molecule is C[C@H]1C[C@@H]2[C@@H](CC(=O)N2CCN2CCOCC2)[C@@H]1CN(C)C. The highest BCUT2D eigenvalue weighted by Gasteiger charge is 2.50. The molecule has 1 amide bonds. The highest BCUT2D eigenvalue weighted by Crippen LogP contribution is 2.46. The Morgan fingerprint density at radius 2 is 1.95 bits per heavy atom. The fourth-order valence-electron chi connectivity index (χ4n) is 4.69. The number of carbonyl (C=O) groups excluding carboxylic acids is 1. The van der Waals surface area contributed by atoms with E-state index in [1.807, 2.05) is 0 Å². The van der Waals surface area contributed by atoms with Crippen LogP contribution in [0.15, 0.2) is 0 Å².